The van der Waals surface area contributed by atoms with Gasteiger partial charge in [-0.15, -0.1) is 0 Å². The molecule has 172 valence electrons. The van der Waals surface area contributed by atoms with E-state index in [9.17, 15) is 0 Å². The van der Waals surface area contributed by atoms with Crippen molar-refractivity contribution in [2.24, 2.45) is 0 Å². The van der Waals surface area contributed by atoms with Crippen molar-refractivity contribution >= 4 is 31.9 Å². The molecule has 0 amide bonds. The van der Waals surface area contributed by atoms with Crippen LogP contribution in [0.25, 0.3) is 0 Å². The Balaban J connectivity index is -0.0000000250. The molecule has 0 aliphatic carbocycles. The van der Waals surface area contributed by atoms with Gasteiger partial charge in [0.1, 0.15) is 0 Å². The molecular formula is C20H54Br2O4. The van der Waals surface area contributed by atoms with Gasteiger partial charge in [0, 0.05) is 23.9 Å². The van der Waals surface area contributed by atoms with Gasteiger partial charge >= 0.3 is 0 Å². The molecule has 6 heteroatoms. The maximum atomic E-state index is 8.11. The monoisotopic (exact) mass is 516 g/mol. The summed E-state index contributed by atoms with van der Waals surface area (Å²) in [7, 11) is 0. The van der Waals surface area contributed by atoms with Crippen LogP contribution >= 0.6 is 31.9 Å². The number of unbranched alkanes of at least 4 members (excludes halogenated alkanes) is 1. The molecular weight excluding hydrogens is 464 g/mol. The number of aliphatic hydroxyl groups excluding tert-OH is 3. The van der Waals surface area contributed by atoms with E-state index in [1.807, 2.05) is 20.8 Å². The van der Waals surface area contributed by atoms with E-state index in [0.717, 1.165) is 23.5 Å². The third-order valence-corrected chi connectivity index (χ3v) is 2.25. The SMILES string of the molecule is C.C.CCBr.CCCBr.CCCC.CCCC(O)O.CCCO.CCO. The number of rotatable bonds is 5. The minimum atomic E-state index is -1.10. The van der Waals surface area contributed by atoms with Crippen LogP contribution in [-0.2, 0) is 0 Å². The fourth-order valence-electron chi connectivity index (χ4n) is 0.258. The lowest BCUT2D eigenvalue weighted by molar-refractivity contribution is -0.0453. The van der Waals surface area contributed by atoms with Crippen LogP contribution < -0.4 is 0 Å². The molecule has 0 rings (SSSR count). The first kappa shape index (κ1) is 50.5. The zero-order valence-electron chi connectivity index (χ0n) is 17.2. The van der Waals surface area contributed by atoms with Crippen LogP contribution in [0.2, 0.25) is 0 Å². The van der Waals surface area contributed by atoms with Crippen molar-refractivity contribution in [3.05, 3.63) is 0 Å². The summed E-state index contributed by atoms with van der Waals surface area (Å²) < 4.78 is 0. The summed E-state index contributed by atoms with van der Waals surface area (Å²) in [5.74, 6) is 0. The van der Waals surface area contributed by atoms with Crippen molar-refractivity contribution in [2.45, 2.75) is 108 Å². The van der Waals surface area contributed by atoms with Gasteiger partial charge in [-0.3, -0.25) is 0 Å². The van der Waals surface area contributed by atoms with Crippen molar-refractivity contribution < 1.29 is 20.4 Å². The van der Waals surface area contributed by atoms with Crippen LogP contribution in [0, 0.1) is 0 Å². The van der Waals surface area contributed by atoms with E-state index in [1.54, 1.807) is 6.92 Å². The summed E-state index contributed by atoms with van der Waals surface area (Å²) in [6.45, 7) is 14.6. The average molecular weight is 518 g/mol. The molecule has 0 atom stereocenters. The molecule has 0 bridgehead atoms. The predicted octanol–water partition coefficient (Wildman–Crippen LogP) is 6.76. The molecule has 0 aromatic rings. The Morgan fingerprint density at radius 1 is 0.654 bits per heavy atom. The summed E-state index contributed by atoms with van der Waals surface area (Å²) in [6.07, 6.45) is 4.97. The maximum absolute atomic E-state index is 8.11. The highest BCUT2D eigenvalue weighted by molar-refractivity contribution is 9.09. The summed E-state index contributed by atoms with van der Waals surface area (Å²) in [5, 5.41) is 33.9. The van der Waals surface area contributed by atoms with E-state index in [2.05, 4.69) is 52.6 Å². The maximum Gasteiger partial charge on any atom is 0.151 e. The Kier molecular flexibility index (Phi) is 162. The third kappa shape index (κ3) is 304. The first-order chi connectivity index (χ1) is 11.3. The number of hydrogen-bond acceptors (Lipinski definition) is 4. The molecule has 0 unspecified atom stereocenters. The van der Waals surface area contributed by atoms with E-state index < -0.39 is 6.29 Å². The molecule has 0 heterocycles. The van der Waals surface area contributed by atoms with Crippen LogP contribution in [0.15, 0.2) is 0 Å². The zero-order valence-corrected chi connectivity index (χ0v) is 20.4. The van der Waals surface area contributed by atoms with Crippen molar-refractivity contribution in [1.29, 1.82) is 0 Å². The third-order valence-electron chi connectivity index (χ3n) is 1.46. The van der Waals surface area contributed by atoms with E-state index in [1.165, 1.54) is 19.3 Å². The van der Waals surface area contributed by atoms with Gasteiger partial charge in [-0.25, -0.2) is 0 Å². The molecule has 0 radical (unpaired) electrons. The first-order valence-corrected chi connectivity index (χ1v) is 11.3. The molecule has 4 N–H and O–H groups in total. The van der Waals surface area contributed by atoms with Crippen LogP contribution in [-0.4, -0.2) is 50.6 Å². The van der Waals surface area contributed by atoms with Gasteiger partial charge in [0.2, 0.25) is 0 Å². The molecule has 0 saturated carbocycles. The molecule has 0 spiro atoms. The van der Waals surface area contributed by atoms with Crippen LogP contribution in [0.3, 0.4) is 0 Å². The summed E-state index contributed by atoms with van der Waals surface area (Å²) in [5.41, 5.74) is 0. The molecule has 0 aromatic heterocycles. The van der Waals surface area contributed by atoms with Crippen molar-refractivity contribution in [3.63, 3.8) is 0 Å². The summed E-state index contributed by atoms with van der Waals surface area (Å²) in [4.78, 5) is 0. The largest absolute Gasteiger partial charge is 0.397 e. The summed E-state index contributed by atoms with van der Waals surface area (Å²) >= 11 is 6.39. The predicted molar refractivity (Wildman–Crippen MR) is 131 cm³/mol. The highest BCUT2D eigenvalue weighted by Gasteiger charge is 1.89. The van der Waals surface area contributed by atoms with Crippen LogP contribution in [0.5, 0.6) is 0 Å². The molecule has 4 nitrogen and oxygen atoms in total. The minimum absolute atomic E-state index is 0. The molecule has 0 aliphatic rings. The standard InChI is InChI=1S/C4H10O2.C4H10.C3H7Br.C3H8O.C2H5Br.C2H6O.2CH4/c1-2-3-4(5)6;1-3-4-2;2*1-2-3-4;2*1-2-3;;/h4-6H,2-3H2,1H3;3-4H2,1-2H3;2-3H2,1H3;4H,2-3H2,1H3;2H2,1H3;3H,2H2,1H3;2*1H4. The Morgan fingerprint density at radius 3 is 0.885 bits per heavy atom. The molecule has 0 aromatic carbocycles. The van der Waals surface area contributed by atoms with Gasteiger partial charge in [0.15, 0.2) is 6.29 Å². The van der Waals surface area contributed by atoms with Crippen molar-refractivity contribution in [1.82, 2.24) is 0 Å². The lowest BCUT2D eigenvalue weighted by atomic mass is 10.3. The Labute approximate surface area is 184 Å². The highest BCUT2D eigenvalue weighted by atomic mass is 79.9. The average Bonchev–Trinajstić information content (AvgIpc) is 2.57. The molecule has 26 heavy (non-hydrogen) atoms. The van der Waals surface area contributed by atoms with E-state index in [4.69, 9.17) is 20.4 Å². The Hall–Kier alpha value is 0.800. The van der Waals surface area contributed by atoms with Crippen molar-refractivity contribution in [2.75, 3.05) is 23.9 Å². The van der Waals surface area contributed by atoms with Gasteiger partial charge in [-0.2, -0.15) is 0 Å². The van der Waals surface area contributed by atoms with E-state index in [-0.39, 0.29) is 21.5 Å². The zero-order chi connectivity index (χ0) is 20.6. The van der Waals surface area contributed by atoms with Crippen LogP contribution in [0.1, 0.15) is 102 Å². The van der Waals surface area contributed by atoms with Gasteiger partial charge in [-0.05, 0) is 26.2 Å². The number of alkyl halides is 2. The Bertz CT molecular complexity index is 102. The lowest BCUT2D eigenvalue weighted by Crippen LogP contribution is -2.01. The number of halogens is 2. The van der Waals surface area contributed by atoms with Crippen molar-refractivity contribution in [3.8, 4) is 0 Å². The normalized spacial score (nSPS) is 7.15. The number of hydrogen-bond donors (Lipinski definition) is 4. The summed E-state index contributed by atoms with van der Waals surface area (Å²) in [6, 6.07) is 0. The first-order valence-electron chi connectivity index (χ1n) is 9.04. The molecule has 0 fully saturated rings. The van der Waals surface area contributed by atoms with Gasteiger partial charge in [-0.1, -0.05) is 108 Å². The second-order valence-electron chi connectivity index (χ2n) is 4.27. The topological polar surface area (TPSA) is 80.9 Å². The van der Waals surface area contributed by atoms with Crippen LogP contribution in [0.4, 0.5) is 0 Å². The fraction of sp³-hybridized carbons (Fsp3) is 1.00. The second-order valence-corrected chi connectivity index (χ2v) is 6.18. The van der Waals surface area contributed by atoms with E-state index in [0.29, 0.717) is 13.0 Å². The minimum Gasteiger partial charge on any atom is -0.397 e. The Morgan fingerprint density at radius 2 is 0.885 bits per heavy atom. The van der Waals surface area contributed by atoms with Gasteiger partial charge < -0.3 is 20.4 Å². The molecule has 0 saturated heterocycles. The molecule has 0 aliphatic heterocycles. The van der Waals surface area contributed by atoms with Gasteiger partial charge in [0.25, 0.3) is 0 Å². The lowest BCUT2D eigenvalue weighted by Gasteiger charge is -1.94. The van der Waals surface area contributed by atoms with Gasteiger partial charge in [0.05, 0.1) is 0 Å². The smallest absolute Gasteiger partial charge is 0.151 e. The second kappa shape index (κ2) is 83.3. The fourth-order valence-corrected chi connectivity index (χ4v) is 0.258. The number of aliphatic hydroxyl groups is 4. The highest BCUT2D eigenvalue weighted by Crippen LogP contribution is 1.88. The quantitative estimate of drug-likeness (QED) is 0.240. The van der Waals surface area contributed by atoms with E-state index >= 15 is 0 Å².